The highest BCUT2D eigenvalue weighted by Gasteiger charge is 2.27. The number of rotatable bonds is 5. The van der Waals surface area contributed by atoms with Crippen molar-refractivity contribution in [1.82, 2.24) is 25.2 Å². The molecule has 1 amide bonds. The molecule has 140 valence electrons. The highest BCUT2D eigenvalue weighted by molar-refractivity contribution is 5.92. The summed E-state index contributed by atoms with van der Waals surface area (Å²) in [7, 11) is 0. The third kappa shape index (κ3) is 3.63. The van der Waals surface area contributed by atoms with E-state index < -0.39 is 0 Å². The van der Waals surface area contributed by atoms with Gasteiger partial charge in [-0.3, -0.25) is 4.79 Å². The van der Waals surface area contributed by atoms with Crippen molar-refractivity contribution in [3.05, 3.63) is 59.4 Å². The smallest absolute Gasteiger partial charge is 0.273 e. The van der Waals surface area contributed by atoms with Crippen LogP contribution in [0.4, 0.5) is 0 Å². The standard InChI is InChI=1S/C20H23N5O2/c1-13(2)10-14-11-17(24-27-14)20(26)23-16-6-5-7-18-15(16)12-22-25(18)19-8-3-4-9-21-19/h3-4,8-9,11-13,16H,5-7,10H2,1-2H3,(H,23,26)/t16-/m1/s1. The molecule has 1 aliphatic carbocycles. The van der Waals surface area contributed by atoms with Gasteiger partial charge in [-0.05, 0) is 37.3 Å². The van der Waals surface area contributed by atoms with Crippen LogP contribution >= 0.6 is 0 Å². The van der Waals surface area contributed by atoms with Crippen LogP contribution in [0.2, 0.25) is 0 Å². The van der Waals surface area contributed by atoms with Crippen molar-refractivity contribution >= 4 is 5.91 Å². The largest absolute Gasteiger partial charge is 0.361 e. The molecule has 0 aliphatic heterocycles. The number of carbonyl (C=O) groups excluding carboxylic acids is 1. The molecule has 7 nitrogen and oxygen atoms in total. The van der Waals surface area contributed by atoms with Crippen LogP contribution in [0.1, 0.15) is 60.2 Å². The number of aromatic nitrogens is 4. The lowest BCUT2D eigenvalue weighted by atomic mass is 9.93. The molecule has 7 heteroatoms. The van der Waals surface area contributed by atoms with E-state index in [0.29, 0.717) is 11.6 Å². The van der Waals surface area contributed by atoms with Crippen molar-refractivity contribution in [2.75, 3.05) is 0 Å². The summed E-state index contributed by atoms with van der Waals surface area (Å²) in [5.41, 5.74) is 2.48. The van der Waals surface area contributed by atoms with E-state index in [1.54, 1.807) is 12.3 Å². The Kier molecular flexibility index (Phi) is 4.75. The van der Waals surface area contributed by atoms with Crippen LogP contribution in [-0.2, 0) is 12.8 Å². The van der Waals surface area contributed by atoms with Gasteiger partial charge in [0, 0.05) is 24.2 Å². The average Bonchev–Trinajstić information content (AvgIpc) is 3.29. The first-order chi connectivity index (χ1) is 13.1. The Morgan fingerprint density at radius 2 is 2.30 bits per heavy atom. The molecule has 3 heterocycles. The molecule has 0 bridgehead atoms. The van der Waals surface area contributed by atoms with E-state index in [1.807, 2.05) is 29.1 Å². The Morgan fingerprint density at radius 3 is 3.07 bits per heavy atom. The lowest BCUT2D eigenvalue weighted by Gasteiger charge is -2.23. The lowest BCUT2D eigenvalue weighted by molar-refractivity contribution is 0.0923. The SMILES string of the molecule is CC(C)Cc1cc(C(=O)N[C@@H]2CCCc3c2cnn3-c2ccccn2)no1. The van der Waals surface area contributed by atoms with Gasteiger partial charge >= 0.3 is 0 Å². The Balaban J connectivity index is 1.52. The Hall–Kier alpha value is -2.96. The van der Waals surface area contributed by atoms with Gasteiger partial charge in [0.2, 0.25) is 0 Å². The van der Waals surface area contributed by atoms with Gasteiger partial charge in [-0.2, -0.15) is 5.10 Å². The maximum absolute atomic E-state index is 12.6. The second kappa shape index (κ2) is 7.34. The lowest BCUT2D eigenvalue weighted by Crippen LogP contribution is -2.31. The van der Waals surface area contributed by atoms with E-state index in [4.69, 9.17) is 4.52 Å². The maximum Gasteiger partial charge on any atom is 0.273 e. The van der Waals surface area contributed by atoms with E-state index in [2.05, 4.69) is 34.4 Å². The predicted molar refractivity (Wildman–Crippen MR) is 99.5 cm³/mol. The molecule has 0 radical (unpaired) electrons. The van der Waals surface area contributed by atoms with E-state index in [1.165, 1.54) is 0 Å². The first kappa shape index (κ1) is 17.5. The van der Waals surface area contributed by atoms with E-state index in [-0.39, 0.29) is 11.9 Å². The van der Waals surface area contributed by atoms with Crippen LogP contribution in [0.3, 0.4) is 0 Å². The summed E-state index contributed by atoms with van der Waals surface area (Å²) in [6, 6.07) is 7.41. The van der Waals surface area contributed by atoms with Crippen molar-refractivity contribution in [3.8, 4) is 5.82 Å². The zero-order valence-corrected chi connectivity index (χ0v) is 15.6. The first-order valence-electron chi connectivity index (χ1n) is 9.36. The average molecular weight is 365 g/mol. The summed E-state index contributed by atoms with van der Waals surface area (Å²) in [6.07, 6.45) is 7.13. The fourth-order valence-corrected chi connectivity index (χ4v) is 3.53. The number of hydrogen-bond donors (Lipinski definition) is 1. The summed E-state index contributed by atoms with van der Waals surface area (Å²) in [5.74, 6) is 1.77. The minimum Gasteiger partial charge on any atom is -0.361 e. The number of fused-ring (bicyclic) bond motifs is 1. The summed E-state index contributed by atoms with van der Waals surface area (Å²) in [6.45, 7) is 4.20. The second-order valence-corrected chi connectivity index (χ2v) is 7.34. The summed E-state index contributed by atoms with van der Waals surface area (Å²) < 4.78 is 7.15. The number of pyridine rings is 1. The van der Waals surface area contributed by atoms with Gasteiger partial charge in [-0.15, -0.1) is 0 Å². The highest BCUT2D eigenvalue weighted by Crippen LogP contribution is 2.31. The predicted octanol–water partition coefficient (Wildman–Crippen LogP) is 3.26. The molecular weight excluding hydrogens is 342 g/mol. The molecule has 0 saturated heterocycles. The van der Waals surface area contributed by atoms with Crippen LogP contribution in [-0.4, -0.2) is 25.8 Å². The van der Waals surface area contributed by atoms with Crippen molar-refractivity contribution in [2.24, 2.45) is 5.92 Å². The summed E-state index contributed by atoms with van der Waals surface area (Å²) in [5, 5.41) is 11.5. The van der Waals surface area contributed by atoms with E-state index in [0.717, 1.165) is 48.5 Å². The van der Waals surface area contributed by atoms with Crippen molar-refractivity contribution < 1.29 is 9.32 Å². The van der Waals surface area contributed by atoms with Crippen LogP contribution in [0, 0.1) is 5.92 Å². The third-order valence-electron chi connectivity index (χ3n) is 4.76. The first-order valence-corrected chi connectivity index (χ1v) is 9.36. The number of amides is 1. The van der Waals surface area contributed by atoms with Crippen LogP contribution in [0.15, 0.2) is 41.2 Å². The molecule has 0 aromatic carbocycles. The molecule has 27 heavy (non-hydrogen) atoms. The fourth-order valence-electron chi connectivity index (χ4n) is 3.53. The van der Waals surface area contributed by atoms with Gasteiger partial charge < -0.3 is 9.84 Å². The zero-order chi connectivity index (χ0) is 18.8. The maximum atomic E-state index is 12.6. The number of hydrogen-bond acceptors (Lipinski definition) is 5. The molecule has 4 rings (SSSR count). The number of carbonyl (C=O) groups is 1. The van der Waals surface area contributed by atoms with E-state index in [9.17, 15) is 4.79 Å². The molecule has 1 atom stereocenters. The summed E-state index contributed by atoms with van der Waals surface area (Å²) >= 11 is 0. The number of nitrogens with one attached hydrogen (secondary N) is 1. The van der Waals surface area contributed by atoms with Crippen LogP contribution in [0.25, 0.3) is 5.82 Å². The topological polar surface area (TPSA) is 85.8 Å². The molecule has 0 unspecified atom stereocenters. The zero-order valence-electron chi connectivity index (χ0n) is 15.6. The van der Waals surface area contributed by atoms with Crippen molar-refractivity contribution in [2.45, 2.75) is 45.6 Å². The normalized spacial score (nSPS) is 16.3. The molecule has 0 saturated carbocycles. The Bertz CT molecular complexity index is 929. The summed E-state index contributed by atoms with van der Waals surface area (Å²) in [4.78, 5) is 17.0. The molecule has 1 aliphatic rings. The van der Waals surface area contributed by atoms with Crippen LogP contribution < -0.4 is 5.32 Å². The number of nitrogens with zero attached hydrogens (tertiary/aromatic N) is 4. The minimum absolute atomic E-state index is 0.0797. The minimum atomic E-state index is -0.211. The molecule has 0 spiro atoms. The van der Waals surface area contributed by atoms with Gasteiger partial charge in [0.1, 0.15) is 5.76 Å². The van der Waals surface area contributed by atoms with Gasteiger partial charge in [0.15, 0.2) is 11.5 Å². The molecule has 3 aromatic rings. The van der Waals surface area contributed by atoms with Crippen LogP contribution in [0.5, 0.6) is 0 Å². The molecule has 1 N–H and O–H groups in total. The van der Waals surface area contributed by atoms with Gasteiger partial charge in [0.05, 0.1) is 17.9 Å². The van der Waals surface area contributed by atoms with Gasteiger partial charge in [-0.1, -0.05) is 25.1 Å². The molecule has 0 fully saturated rings. The fraction of sp³-hybridized carbons (Fsp3) is 0.400. The Morgan fingerprint density at radius 1 is 1.41 bits per heavy atom. The quantitative estimate of drug-likeness (QED) is 0.750. The second-order valence-electron chi connectivity index (χ2n) is 7.34. The van der Waals surface area contributed by atoms with E-state index >= 15 is 0 Å². The molecule has 3 aromatic heterocycles. The van der Waals surface area contributed by atoms with Gasteiger partial charge in [-0.25, -0.2) is 9.67 Å². The highest BCUT2D eigenvalue weighted by atomic mass is 16.5. The molecular formula is C20H23N5O2. The van der Waals surface area contributed by atoms with Crippen molar-refractivity contribution in [1.29, 1.82) is 0 Å². The Labute approximate surface area is 157 Å². The van der Waals surface area contributed by atoms with Crippen molar-refractivity contribution in [3.63, 3.8) is 0 Å². The third-order valence-corrected chi connectivity index (χ3v) is 4.76. The van der Waals surface area contributed by atoms with Gasteiger partial charge in [0.25, 0.3) is 5.91 Å². The monoisotopic (exact) mass is 365 g/mol.